The highest BCUT2D eigenvalue weighted by molar-refractivity contribution is 6.07. The fourth-order valence-electron chi connectivity index (χ4n) is 5.28. The van der Waals surface area contributed by atoms with Gasteiger partial charge in [-0.3, -0.25) is 14.7 Å². The van der Waals surface area contributed by atoms with Gasteiger partial charge in [0.1, 0.15) is 5.82 Å². The summed E-state index contributed by atoms with van der Waals surface area (Å²) in [4.78, 5) is 22.2. The zero-order valence-electron chi connectivity index (χ0n) is 17.3. The van der Waals surface area contributed by atoms with Crippen LogP contribution in [0.4, 0.5) is 4.39 Å². The summed E-state index contributed by atoms with van der Waals surface area (Å²) in [5.74, 6) is 0.451. The van der Waals surface area contributed by atoms with Crippen molar-refractivity contribution in [1.82, 2.24) is 15.2 Å². The number of fused-ring (bicyclic) bond motifs is 1. The van der Waals surface area contributed by atoms with Crippen molar-refractivity contribution in [3.05, 3.63) is 47.3 Å². The lowest BCUT2D eigenvalue weighted by molar-refractivity contribution is 0.0740. The van der Waals surface area contributed by atoms with Gasteiger partial charge < -0.3 is 10.3 Å². The number of aliphatic imine (C=N–C) groups is 1. The maximum Gasteiger partial charge on any atom is 0.254 e. The van der Waals surface area contributed by atoms with Crippen molar-refractivity contribution in [2.75, 3.05) is 32.7 Å². The van der Waals surface area contributed by atoms with E-state index in [-0.39, 0.29) is 17.8 Å². The van der Waals surface area contributed by atoms with E-state index in [2.05, 4.69) is 28.4 Å². The first kappa shape index (κ1) is 19.4. The number of benzene rings is 1. The number of allylic oxidation sites excluding steroid dienone is 1. The first-order valence-electron chi connectivity index (χ1n) is 10.9. The van der Waals surface area contributed by atoms with E-state index in [0.29, 0.717) is 23.4 Å². The molecule has 2 unspecified atom stereocenters. The normalized spacial score (nSPS) is 30.8. The Morgan fingerprint density at radius 2 is 2.13 bits per heavy atom. The maximum atomic E-state index is 13.2. The number of hydrogen-bond donors (Lipinski definition) is 1. The summed E-state index contributed by atoms with van der Waals surface area (Å²) in [6.45, 7) is 6.61. The number of hydrazone groups is 1. The Kier molecular flexibility index (Phi) is 5.15. The minimum absolute atomic E-state index is 0.00533. The second kappa shape index (κ2) is 7.95. The first-order chi connectivity index (χ1) is 14.6. The van der Waals surface area contributed by atoms with Gasteiger partial charge in [-0.05, 0) is 61.6 Å². The molecule has 4 heterocycles. The van der Waals surface area contributed by atoms with Gasteiger partial charge in [-0.25, -0.2) is 4.39 Å². The molecule has 4 atom stereocenters. The summed E-state index contributed by atoms with van der Waals surface area (Å²) in [6, 6.07) is 6.48. The molecule has 4 aliphatic rings. The molecule has 0 aromatic heterocycles. The van der Waals surface area contributed by atoms with Crippen molar-refractivity contribution < 1.29 is 9.18 Å². The molecule has 0 saturated carbocycles. The highest BCUT2D eigenvalue weighted by atomic mass is 19.1. The van der Waals surface area contributed by atoms with Crippen LogP contribution < -0.4 is 5.43 Å². The highest BCUT2D eigenvalue weighted by Gasteiger charge is 2.38. The van der Waals surface area contributed by atoms with Crippen LogP contribution in [0.3, 0.4) is 0 Å². The largest absolute Gasteiger partial charge is 0.336 e. The van der Waals surface area contributed by atoms with E-state index in [0.717, 1.165) is 51.3 Å². The lowest BCUT2D eigenvalue weighted by atomic mass is 9.96. The molecule has 2 fully saturated rings. The van der Waals surface area contributed by atoms with Crippen LogP contribution in [0, 0.1) is 17.7 Å². The summed E-state index contributed by atoms with van der Waals surface area (Å²) in [5, 5.41) is 4.12. The van der Waals surface area contributed by atoms with E-state index in [9.17, 15) is 9.18 Å². The van der Waals surface area contributed by atoms with Gasteiger partial charge in [-0.15, -0.1) is 0 Å². The molecule has 5 rings (SSSR count). The number of halogens is 1. The third-order valence-corrected chi connectivity index (χ3v) is 6.88. The van der Waals surface area contributed by atoms with E-state index in [1.807, 2.05) is 11.1 Å². The topological polar surface area (TPSA) is 60.3 Å². The van der Waals surface area contributed by atoms with Gasteiger partial charge in [0, 0.05) is 49.7 Å². The van der Waals surface area contributed by atoms with E-state index < -0.39 is 0 Å². The van der Waals surface area contributed by atoms with Crippen LogP contribution in [0.1, 0.15) is 30.1 Å². The summed E-state index contributed by atoms with van der Waals surface area (Å²) in [6.07, 6.45) is 6.35. The van der Waals surface area contributed by atoms with Crippen molar-refractivity contribution in [3.8, 4) is 0 Å². The van der Waals surface area contributed by atoms with Crippen LogP contribution in [-0.4, -0.2) is 72.4 Å². The van der Waals surface area contributed by atoms with Gasteiger partial charge in [-0.1, -0.05) is 0 Å². The molecule has 158 valence electrons. The standard InChI is InChI=1S/C23H28FN5O/c1-15-8-16(14-29(15)23(30)17-2-4-20(24)5-3-17)13-28-7-6-18-9-21(25-12-22(18)28)19-10-26-27-11-19/h2-5,9-10,15-16,19,22,27H,6-8,11-14H2,1H3/t15-,16+,19?,22?/m1/s1. The van der Waals surface area contributed by atoms with Gasteiger partial charge in [0.05, 0.1) is 18.5 Å². The van der Waals surface area contributed by atoms with Gasteiger partial charge in [0.25, 0.3) is 5.91 Å². The van der Waals surface area contributed by atoms with Crippen LogP contribution in [0.15, 0.2) is 46.0 Å². The molecule has 30 heavy (non-hydrogen) atoms. The second-order valence-electron chi connectivity index (χ2n) is 8.91. The average molecular weight is 410 g/mol. The van der Waals surface area contributed by atoms with E-state index in [1.165, 1.54) is 17.7 Å². The fraction of sp³-hybridized carbons (Fsp3) is 0.522. The summed E-state index contributed by atoms with van der Waals surface area (Å²) in [7, 11) is 0. The van der Waals surface area contributed by atoms with E-state index >= 15 is 0 Å². The van der Waals surface area contributed by atoms with Gasteiger partial charge in [0.15, 0.2) is 0 Å². The number of nitrogens with zero attached hydrogens (tertiary/aromatic N) is 4. The lowest BCUT2D eigenvalue weighted by Gasteiger charge is -2.29. The summed E-state index contributed by atoms with van der Waals surface area (Å²) in [5.41, 5.74) is 6.23. The Morgan fingerprint density at radius 1 is 1.30 bits per heavy atom. The van der Waals surface area contributed by atoms with Crippen LogP contribution in [0.2, 0.25) is 0 Å². The van der Waals surface area contributed by atoms with Gasteiger partial charge in [-0.2, -0.15) is 5.10 Å². The molecule has 1 amide bonds. The quantitative estimate of drug-likeness (QED) is 0.830. The predicted octanol–water partition coefficient (Wildman–Crippen LogP) is 2.34. The molecule has 4 aliphatic heterocycles. The molecule has 7 heteroatoms. The molecule has 0 aliphatic carbocycles. The SMILES string of the molecule is C[C@@H]1C[C@@H](CN2CCC3=CC(C4C=NNC4)=NCC32)CN1C(=O)c1ccc(F)cc1. The Balaban J connectivity index is 1.20. The maximum absolute atomic E-state index is 13.2. The average Bonchev–Trinajstić information content (AvgIpc) is 3.49. The van der Waals surface area contributed by atoms with Gasteiger partial charge in [0.2, 0.25) is 0 Å². The van der Waals surface area contributed by atoms with Crippen LogP contribution in [0.25, 0.3) is 0 Å². The zero-order valence-corrected chi connectivity index (χ0v) is 17.3. The first-order valence-corrected chi connectivity index (χ1v) is 10.9. The monoisotopic (exact) mass is 409 g/mol. The fourth-order valence-corrected chi connectivity index (χ4v) is 5.28. The number of carbonyl (C=O) groups excluding carboxylic acids is 1. The number of rotatable bonds is 4. The van der Waals surface area contributed by atoms with Crippen molar-refractivity contribution in [2.24, 2.45) is 21.9 Å². The molecule has 2 saturated heterocycles. The van der Waals surface area contributed by atoms with E-state index in [1.54, 1.807) is 12.1 Å². The summed E-state index contributed by atoms with van der Waals surface area (Å²) < 4.78 is 13.2. The molecule has 6 nitrogen and oxygen atoms in total. The molecule has 1 N–H and O–H groups in total. The molecular formula is C23H28FN5O. The number of carbonyl (C=O) groups is 1. The number of hydrogen-bond acceptors (Lipinski definition) is 5. The number of likely N-dealkylation sites (tertiary alicyclic amines) is 2. The van der Waals surface area contributed by atoms with E-state index in [4.69, 9.17) is 4.99 Å². The molecular weight excluding hydrogens is 381 g/mol. The Labute approximate surface area is 176 Å². The van der Waals surface area contributed by atoms with Gasteiger partial charge >= 0.3 is 0 Å². The molecule has 1 aromatic carbocycles. The molecule has 0 radical (unpaired) electrons. The van der Waals surface area contributed by atoms with Crippen LogP contribution in [-0.2, 0) is 0 Å². The lowest BCUT2D eigenvalue weighted by Crippen LogP contribution is -2.39. The zero-order chi connectivity index (χ0) is 20.7. The third-order valence-electron chi connectivity index (χ3n) is 6.88. The highest BCUT2D eigenvalue weighted by Crippen LogP contribution is 2.32. The Bertz CT molecular complexity index is 909. The minimum Gasteiger partial charge on any atom is -0.336 e. The van der Waals surface area contributed by atoms with Crippen molar-refractivity contribution in [3.63, 3.8) is 0 Å². The molecule has 0 bridgehead atoms. The third kappa shape index (κ3) is 3.67. The number of dihydropyridines is 1. The minimum atomic E-state index is -0.313. The van der Waals surface area contributed by atoms with Crippen LogP contribution >= 0.6 is 0 Å². The second-order valence-corrected chi connectivity index (χ2v) is 8.91. The molecule has 1 aromatic rings. The summed E-state index contributed by atoms with van der Waals surface area (Å²) >= 11 is 0. The van der Waals surface area contributed by atoms with Crippen molar-refractivity contribution in [1.29, 1.82) is 0 Å². The van der Waals surface area contributed by atoms with Crippen LogP contribution in [0.5, 0.6) is 0 Å². The van der Waals surface area contributed by atoms with Crippen molar-refractivity contribution >= 4 is 17.8 Å². The smallest absolute Gasteiger partial charge is 0.254 e. The predicted molar refractivity (Wildman–Crippen MR) is 115 cm³/mol. The van der Waals surface area contributed by atoms with Crippen molar-refractivity contribution in [2.45, 2.75) is 31.8 Å². The Morgan fingerprint density at radius 3 is 2.90 bits per heavy atom. The number of nitrogens with one attached hydrogen (secondary N) is 1. The molecule has 0 spiro atoms. The Hall–Kier alpha value is -2.54. The number of amides is 1.